The van der Waals surface area contributed by atoms with Gasteiger partial charge in [0.1, 0.15) is 5.60 Å². The summed E-state index contributed by atoms with van der Waals surface area (Å²) in [5.74, 6) is 1.32. The minimum Gasteiger partial charge on any atom is -0.444 e. The molecule has 2 aliphatic heterocycles. The zero-order valence-electron chi connectivity index (χ0n) is 11.6. The number of hydrogen-bond donors (Lipinski definition) is 1. The van der Waals surface area contributed by atoms with Crippen LogP contribution in [0.2, 0.25) is 0 Å². The van der Waals surface area contributed by atoms with Crippen LogP contribution in [0.1, 0.15) is 40.0 Å². The number of carbonyl (C=O) groups is 1. The average molecular weight is 252 g/mol. The van der Waals surface area contributed by atoms with Crippen LogP contribution >= 0.6 is 0 Å². The molecule has 0 spiro atoms. The van der Waals surface area contributed by atoms with Gasteiger partial charge in [0, 0.05) is 12.6 Å². The van der Waals surface area contributed by atoms with Crippen LogP contribution < -0.4 is 5.73 Å². The van der Waals surface area contributed by atoms with Gasteiger partial charge in [-0.1, -0.05) is 0 Å². The van der Waals surface area contributed by atoms with Gasteiger partial charge >= 0.3 is 6.09 Å². The van der Waals surface area contributed by atoms with E-state index in [-0.39, 0.29) is 6.09 Å². The number of amides is 1. The number of hydrogen-bond acceptors (Lipinski definition) is 3. The Hall–Kier alpha value is -0.770. The number of fused-ring (bicyclic) bond motifs is 1. The standard InChI is InChI=1S/C14H24N2O2/c1-13(2,3)18-12(17)16-7-9-6-10(16)11(9)14(8-15)4-5-14/h9-11H,4-8,15H2,1-3H3/t9-,10-,11?/m0/s1. The zero-order chi connectivity index (χ0) is 13.1. The second-order valence-electron chi connectivity index (χ2n) is 7.29. The summed E-state index contributed by atoms with van der Waals surface area (Å²) in [6.45, 7) is 7.43. The second-order valence-corrected chi connectivity index (χ2v) is 7.29. The maximum Gasteiger partial charge on any atom is 0.410 e. The van der Waals surface area contributed by atoms with Crippen LogP contribution in [0.25, 0.3) is 0 Å². The summed E-state index contributed by atoms with van der Waals surface area (Å²) in [6, 6.07) is 0.399. The molecule has 4 aliphatic rings. The van der Waals surface area contributed by atoms with Gasteiger partial charge in [-0.15, -0.1) is 0 Å². The highest BCUT2D eigenvalue weighted by Crippen LogP contribution is 2.64. The monoisotopic (exact) mass is 252 g/mol. The fourth-order valence-electron chi connectivity index (χ4n) is 3.89. The fourth-order valence-corrected chi connectivity index (χ4v) is 3.89. The van der Waals surface area contributed by atoms with Crippen molar-refractivity contribution in [1.82, 2.24) is 4.90 Å². The van der Waals surface area contributed by atoms with Crippen molar-refractivity contribution < 1.29 is 9.53 Å². The van der Waals surface area contributed by atoms with Crippen LogP contribution in [0.5, 0.6) is 0 Å². The normalized spacial score (nSPS) is 36.2. The Labute approximate surface area is 109 Å². The third-order valence-corrected chi connectivity index (χ3v) is 4.93. The molecule has 0 aromatic rings. The van der Waals surface area contributed by atoms with Gasteiger partial charge < -0.3 is 15.4 Å². The Balaban J connectivity index is 1.66. The highest BCUT2D eigenvalue weighted by Gasteiger charge is 2.65. The van der Waals surface area contributed by atoms with Gasteiger partial charge in [-0.3, -0.25) is 0 Å². The van der Waals surface area contributed by atoms with Crippen molar-refractivity contribution in [3.05, 3.63) is 0 Å². The van der Waals surface area contributed by atoms with E-state index in [1.54, 1.807) is 0 Å². The molecule has 18 heavy (non-hydrogen) atoms. The van der Waals surface area contributed by atoms with Crippen LogP contribution in [-0.2, 0) is 4.74 Å². The van der Waals surface area contributed by atoms with E-state index in [1.807, 2.05) is 25.7 Å². The highest BCUT2D eigenvalue weighted by molar-refractivity contribution is 5.70. The average Bonchev–Trinajstić information content (AvgIpc) is 2.74. The first-order valence-electron chi connectivity index (χ1n) is 7.06. The predicted octanol–water partition coefficient (Wildman–Crippen LogP) is 1.98. The number of carbonyl (C=O) groups excluding carboxylic acids is 1. The van der Waals surface area contributed by atoms with E-state index in [0.717, 1.165) is 19.5 Å². The first-order valence-corrected chi connectivity index (χ1v) is 7.06. The maximum absolute atomic E-state index is 12.2. The molecule has 0 aromatic carbocycles. The van der Waals surface area contributed by atoms with E-state index in [0.29, 0.717) is 23.3 Å². The second kappa shape index (κ2) is 3.62. The molecular formula is C14H24N2O2. The number of nitrogens with zero attached hydrogens (tertiary/aromatic N) is 1. The SMILES string of the molecule is CC(C)(C)OC(=O)N1C[C@@H]2C[C@H]1C2C1(CN)CC1. The number of rotatable bonds is 2. The van der Waals surface area contributed by atoms with E-state index in [4.69, 9.17) is 10.5 Å². The molecule has 4 nitrogen and oxygen atoms in total. The van der Waals surface area contributed by atoms with E-state index in [1.165, 1.54) is 12.8 Å². The number of nitrogens with two attached hydrogens (primary N) is 1. The van der Waals surface area contributed by atoms with Crippen LogP contribution in [0.15, 0.2) is 0 Å². The van der Waals surface area contributed by atoms with Crippen molar-refractivity contribution in [2.75, 3.05) is 13.1 Å². The Kier molecular flexibility index (Phi) is 2.47. The van der Waals surface area contributed by atoms with Gasteiger partial charge in [0.25, 0.3) is 0 Å². The molecule has 2 heterocycles. The van der Waals surface area contributed by atoms with Crippen LogP contribution in [0.3, 0.4) is 0 Å². The summed E-state index contributed by atoms with van der Waals surface area (Å²) in [5, 5.41) is 0. The van der Waals surface area contributed by atoms with E-state index in [9.17, 15) is 4.79 Å². The highest BCUT2D eigenvalue weighted by atomic mass is 16.6. The molecule has 2 N–H and O–H groups in total. The first-order chi connectivity index (χ1) is 8.36. The maximum atomic E-state index is 12.2. The zero-order valence-corrected chi connectivity index (χ0v) is 11.6. The smallest absolute Gasteiger partial charge is 0.410 e. The Morgan fingerprint density at radius 2 is 2.11 bits per heavy atom. The van der Waals surface area contributed by atoms with E-state index >= 15 is 0 Å². The third kappa shape index (κ3) is 1.73. The van der Waals surface area contributed by atoms with Gasteiger partial charge in [-0.2, -0.15) is 0 Å². The lowest BCUT2D eigenvalue weighted by molar-refractivity contribution is 0.0141. The lowest BCUT2D eigenvalue weighted by Gasteiger charge is -2.42. The molecule has 4 fully saturated rings. The summed E-state index contributed by atoms with van der Waals surface area (Å²) >= 11 is 0. The molecule has 1 amide bonds. The van der Waals surface area contributed by atoms with E-state index in [2.05, 4.69) is 0 Å². The fraction of sp³-hybridized carbons (Fsp3) is 0.929. The molecule has 2 saturated heterocycles. The van der Waals surface area contributed by atoms with Crippen molar-refractivity contribution in [2.45, 2.75) is 51.7 Å². The van der Waals surface area contributed by atoms with Crippen LogP contribution in [0.4, 0.5) is 4.79 Å². The molecule has 4 rings (SSSR count). The van der Waals surface area contributed by atoms with Crippen molar-refractivity contribution in [1.29, 1.82) is 0 Å². The minimum absolute atomic E-state index is 0.134. The predicted molar refractivity (Wildman–Crippen MR) is 69.0 cm³/mol. The third-order valence-electron chi connectivity index (χ3n) is 4.93. The van der Waals surface area contributed by atoms with Gasteiger partial charge in [0.05, 0.1) is 0 Å². The lowest BCUT2D eigenvalue weighted by Crippen LogP contribution is -2.48. The summed E-state index contributed by atoms with van der Waals surface area (Å²) in [4.78, 5) is 14.1. The molecule has 0 aromatic heterocycles. The molecule has 2 saturated carbocycles. The molecule has 2 aliphatic carbocycles. The summed E-state index contributed by atoms with van der Waals surface area (Å²) in [6.07, 6.45) is 3.53. The quantitative estimate of drug-likeness (QED) is 0.817. The molecule has 1 unspecified atom stereocenters. The molecule has 3 atom stereocenters. The van der Waals surface area contributed by atoms with Crippen molar-refractivity contribution in [2.24, 2.45) is 23.0 Å². The number of ether oxygens (including phenoxy) is 1. The molecule has 0 radical (unpaired) electrons. The largest absolute Gasteiger partial charge is 0.444 e. The Morgan fingerprint density at radius 3 is 2.61 bits per heavy atom. The van der Waals surface area contributed by atoms with E-state index < -0.39 is 5.60 Å². The molecule has 2 bridgehead atoms. The van der Waals surface area contributed by atoms with Gasteiger partial charge in [0.2, 0.25) is 0 Å². The molecule has 102 valence electrons. The molecular weight excluding hydrogens is 228 g/mol. The topological polar surface area (TPSA) is 55.6 Å². The van der Waals surface area contributed by atoms with Crippen LogP contribution in [0, 0.1) is 17.3 Å². The van der Waals surface area contributed by atoms with Crippen LogP contribution in [-0.4, -0.2) is 35.7 Å². The Bertz CT molecular complexity index is 370. The summed E-state index contributed by atoms with van der Waals surface area (Å²) in [7, 11) is 0. The first kappa shape index (κ1) is 12.3. The summed E-state index contributed by atoms with van der Waals surface area (Å²) < 4.78 is 5.49. The van der Waals surface area contributed by atoms with Crippen molar-refractivity contribution in [3.8, 4) is 0 Å². The van der Waals surface area contributed by atoms with Gasteiger partial charge in [-0.25, -0.2) is 4.79 Å². The molecule has 4 heteroatoms. The van der Waals surface area contributed by atoms with Gasteiger partial charge in [-0.05, 0) is 63.8 Å². The van der Waals surface area contributed by atoms with Crippen molar-refractivity contribution in [3.63, 3.8) is 0 Å². The Morgan fingerprint density at radius 1 is 1.44 bits per heavy atom. The van der Waals surface area contributed by atoms with Crippen molar-refractivity contribution >= 4 is 6.09 Å². The van der Waals surface area contributed by atoms with Gasteiger partial charge in [0.15, 0.2) is 0 Å². The minimum atomic E-state index is -0.398. The lowest BCUT2D eigenvalue weighted by atomic mass is 9.65. The summed E-state index contributed by atoms with van der Waals surface area (Å²) in [5.41, 5.74) is 5.89.